The molecule has 1 heterocycles. The summed E-state index contributed by atoms with van der Waals surface area (Å²) < 4.78 is 15.9. The number of carbonyl (C=O) groups is 2. The van der Waals surface area contributed by atoms with Crippen LogP contribution < -0.4 is 10.1 Å². The number of fused-ring (bicyclic) bond motifs is 1. The largest absolute Gasteiger partial charge is 0.496 e. The van der Waals surface area contributed by atoms with E-state index in [1.807, 2.05) is 36.4 Å². The van der Waals surface area contributed by atoms with E-state index in [1.165, 1.54) is 12.0 Å². The van der Waals surface area contributed by atoms with Crippen molar-refractivity contribution in [3.8, 4) is 5.75 Å². The number of hydrogen-bond acceptors (Lipinski definition) is 5. The fourth-order valence-electron chi connectivity index (χ4n) is 3.36. The molecule has 1 aliphatic heterocycles. The van der Waals surface area contributed by atoms with Crippen molar-refractivity contribution in [1.29, 1.82) is 0 Å². The van der Waals surface area contributed by atoms with Crippen LogP contribution in [0.2, 0.25) is 0 Å². The van der Waals surface area contributed by atoms with E-state index in [0.717, 1.165) is 16.3 Å². The maximum absolute atomic E-state index is 12.9. The Kier molecular flexibility index (Phi) is 5.84. The summed E-state index contributed by atoms with van der Waals surface area (Å²) in [5, 5.41) is 4.80. The van der Waals surface area contributed by atoms with Gasteiger partial charge in [0.15, 0.2) is 0 Å². The lowest BCUT2D eigenvalue weighted by Gasteiger charge is -2.34. The van der Waals surface area contributed by atoms with Crippen LogP contribution in [0.4, 0.5) is 4.79 Å². The molecule has 3 rings (SSSR count). The number of allylic oxidation sites excluding steroid dienone is 1. The summed E-state index contributed by atoms with van der Waals surface area (Å²) in [4.78, 5) is 26.8. The first kappa shape index (κ1) is 19.7. The molecular weight excluding hydrogens is 360 g/mol. The second-order valence-corrected chi connectivity index (χ2v) is 6.47. The average Bonchev–Trinajstić information content (AvgIpc) is 2.71. The molecule has 1 N–H and O–H groups in total. The molecular formula is C21H24N2O5. The molecule has 0 fully saturated rings. The molecule has 148 valence electrons. The molecule has 0 aromatic heterocycles. The monoisotopic (exact) mass is 384 g/mol. The predicted octanol–water partition coefficient (Wildman–Crippen LogP) is 3.01. The first-order valence-corrected chi connectivity index (χ1v) is 8.96. The van der Waals surface area contributed by atoms with Gasteiger partial charge < -0.3 is 24.4 Å². The summed E-state index contributed by atoms with van der Waals surface area (Å²) in [5.74, 6) is 0.0879. The number of nitrogens with zero attached hydrogens (tertiary/aromatic N) is 1. The Bertz CT molecular complexity index is 938. The number of ether oxygens (including phenoxy) is 3. The highest BCUT2D eigenvalue weighted by Gasteiger charge is 2.37. The van der Waals surface area contributed by atoms with Crippen LogP contribution in [-0.2, 0) is 14.3 Å². The molecule has 0 unspecified atom stereocenters. The van der Waals surface area contributed by atoms with E-state index in [9.17, 15) is 9.59 Å². The molecule has 2 aromatic rings. The topological polar surface area (TPSA) is 77.1 Å². The number of nitrogens with one attached hydrogen (secondary N) is 1. The molecule has 2 aromatic carbocycles. The number of rotatable bonds is 6. The normalized spacial score (nSPS) is 16.9. The van der Waals surface area contributed by atoms with Crippen molar-refractivity contribution in [2.45, 2.75) is 13.0 Å². The van der Waals surface area contributed by atoms with Crippen LogP contribution in [0.15, 0.2) is 47.7 Å². The average molecular weight is 384 g/mol. The highest BCUT2D eigenvalue weighted by Crippen LogP contribution is 2.39. The highest BCUT2D eigenvalue weighted by atomic mass is 16.6. The minimum absolute atomic E-state index is 0.128. The van der Waals surface area contributed by atoms with Crippen molar-refractivity contribution >= 4 is 22.8 Å². The number of urea groups is 1. The Balaban J connectivity index is 2.17. The molecule has 2 amide bonds. The Hall–Kier alpha value is -3.06. The van der Waals surface area contributed by atoms with E-state index >= 15 is 0 Å². The van der Waals surface area contributed by atoms with E-state index in [1.54, 1.807) is 21.1 Å². The third-order valence-corrected chi connectivity index (χ3v) is 4.93. The van der Waals surface area contributed by atoms with Gasteiger partial charge in [0.2, 0.25) is 0 Å². The van der Waals surface area contributed by atoms with Crippen LogP contribution in [0.5, 0.6) is 5.75 Å². The molecule has 1 aliphatic rings. The maximum atomic E-state index is 12.9. The van der Waals surface area contributed by atoms with E-state index < -0.39 is 12.0 Å². The number of hydrogen-bond donors (Lipinski definition) is 1. The van der Waals surface area contributed by atoms with Crippen molar-refractivity contribution in [1.82, 2.24) is 10.2 Å². The zero-order valence-corrected chi connectivity index (χ0v) is 16.4. The fourth-order valence-corrected chi connectivity index (χ4v) is 3.36. The van der Waals surface area contributed by atoms with Crippen molar-refractivity contribution in [2.24, 2.45) is 0 Å². The van der Waals surface area contributed by atoms with Gasteiger partial charge in [0.05, 0.1) is 25.3 Å². The van der Waals surface area contributed by atoms with Gasteiger partial charge in [-0.25, -0.2) is 9.59 Å². The fraction of sp³-hybridized carbons (Fsp3) is 0.333. The number of esters is 1. The van der Waals surface area contributed by atoms with Crippen LogP contribution in [0.3, 0.4) is 0 Å². The second-order valence-electron chi connectivity index (χ2n) is 6.47. The van der Waals surface area contributed by atoms with Gasteiger partial charge >= 0.3 is 12.0 Å². The zero-order valence-electron chi connectivity index (χ0n) is 16.4. The summed E-state index contributed by atoms with van der Waals surface area (Å²) in [6, 6.07) is 10.6. The zero-order chi connectivity index (χ0) is 20.3. The molecule has 1 atom stereocenters. The van der Waals surface area contributed by atoms with Crippen LogP contribution in [0.1, 0.15) is 18.5 Å². The standard InChI is InChI=1S/C21H24N2O5/c1-13-17(20(24)28-12-11-26-3)19(22-21(25)23(13)2)18-15-8-6-5-7-14(15)9-10-16(18)27-4/h5-10,19H,11-12H2,1-4H3,(H,22,25)/t19-/m0/s1. The van der Waals surface area contributed by atoms with Gasteiger partial charge in [-0.2, -0.15) is 0 Å². The molecule has 0 saturated carbocycles. The summed E-state index contributed by atoms with van der Waals surface area (Å²) in [7, 11) is 4.72. The first-order chi connectivity index (χ1) is 13.5. The second kappa shape index (κ2) is 8.31. The summed E-state index contributed by atoms with van der Waals surface area (Å²) in [6.45, 7) is 2.15. The van der Waals surface area contributed by atoms with Gasteiger partial charge in [-0.1, -0.05) is 30.3 Å². The van der Waals surface area contributed by atoms with Crippen molar-refractivity contribution in [3.63, 3.8) is 0 Å². The van der Waals surface area contributed by atoms with Crippen LogP contribution >= 0.6 is 0 Å². The smallest absolute Gasteiger partial charge is 0.338 e. The van der Waals surface area contributed by atoms with Crippen molar-refractivity contribution < 1.29 is 23.8 Å². The van der Waals surface area contributed by atoms with Gasteiger partial charge in [0.25, 0.3) is 0 Å². The van der Waals surface area contributed by atoms with Crippen LogP contribution in [0, 0.1) is 0 Å². The molecule has 0 radical (unpaired) electrons. The minimum Gasteiger partial charge on any atom is -0.496 e. The van der Waals surface area contributed by atoms with E-state index in [2.05, 4.69) is 5.32 Å². The van der Waals surface area contributed by atoms with Gasteiger partial charge in [-0.3, -0.25) is 0 Å². The third kappa shape index (κ3) is 3.53. The van der Waals surface area contributed by atoms with E-state index in [0.29, 0.717) is 23.6 Å². The lowest BCUT2D eigenvalue weighted by Crippen LogP contribution is -2.46. The quantitative estimate of drug-likeness (QED) is 0.612. The van der Waals surface area contributed by atoms with Gasteiger partial charge in [-0.05, 0) is 23.8 Å². The molecule has 28 heavy (non-hydrogen) atoms. The molecule has 0 bridgehead atoms. The van der Waals surface area contributed by atoms with Crippen LogP contribution in [-0.4, -0.2) is 51.4 Å². The van der Waals surface area contributed by atoms with Crippen molar-refractivity contribution in [3.05, 3.63) is 53.2 Å². The number of carbonyl (C=O) groups excluding carboxylic acids is 2. The minimum atomic E-state index is -0.695. The SMILES string of the molecule is COCCOC(=O)C1=C(C)N(C)C(=O)N[C@@H]1c1c(OC)ccc2ccccc12. The summed E-state index contributed by atoms with van der Waals surface area (Å²) in [6.07, 6.45) is 0. The number of amides is 2. The lowest BCUT2D eigenvalue weighted by molar-refractivity contribution is -0.140. The maximum Gasteiger partial charge on any atom is 0.338 e. The third-order valence-electron chi connectivity index (χ3n) is 4.93. The molecule has 0 spiro atoms. The van der Waals surface area contributed by atoms with Crippen molar-refractivity contribution in [2.75, 3.05) is 34.5 Å². The van der Waals surface area contributed by atoms with E-state index in [4.69, 9.17) is 14.2 Å². The van der Waals surface area contributed by atoms with Gasteiger partial charge in [-0.15, -0.1) is 0 Å². The lowest BCUT2D eigenvalue weighted by atomic mass is 9.90. The molecule has 0 saturated heterocycles. The Labute approximate surface area is 163 Å². The Morgan fingerprint density at radius 3 is 2.61 bits per heavy atom. The molecule has 7 nitrogen and oxygen atoms in total. The first-order valence-electron chi connectivity index (χ1n) is 8.96. The van der Waals surface area contributed by atoms with Gasteiger partial charge in [0.1, 0.15) is 12.4 Å². The Morgan fingerprint density at radius 2 is 1.89 bits per heavy atom. The predicted molar refractivity (Wildman–Crippen MR) is 105 cm³/mol. The summed E-state index contributed by atoms with van der Waals surface area (Å²) in [5.41, 5.74) is 1.62. The summed E-state index contributed by atoms with van der Waals surface area (Å²) >= 11 is 0. The number of benzene rings is 2. The van der Waals surface area contributed by atoms with E-state index in [-0.39, 0.29) is 12.6 Å². The van der Waals surface area contributed by atoms with Crippen LogP contribution in [0.25, 0.3) is 10.8 Å². The van der Waals surface area contributed by atoms with Gasteiger partial charge in [0, 0.05) is 25.4 Å². The number of methoxy groups -OCH3 is 2. The Morgan fingerprint density at radius 1 is 1.14 bits per heavy atom. The highest BCUT2D eigenvalue weighted by molar-refractivity contribution is 5.98. The molecule has 0 aliphatic carbocycles. The molecule has 7 heteroatoms.